The van der Waals surface area contributed by atoms with Crippen molar-refractivity contribution >= 4 is 11.7 Å². The highest BCUT2D eigenvalue weighted by Crippen LogP contribution is 2.39. The van der Waals surface area contributed by atoms with E-state index in [4.69, 9.17) is 9.84 Å². The molecule has 5 aromatic rings. The normalized spacial score (nSPS) is 14.4. The topological polar surface area (TPSA) is 64.3 Å². The Labute approximate surface area is 219 Å². The first kappa shape index (κ1) is 23.5. The minimum atomic E-state index is -0.563. The van der Waals surface area contributed by atoms with Gasteiger partial charge < -0.3 is 19.5 Å². The van der Waals surface area contributed by atoms with Crippen LogP contribution in [0.4, 0.5) is 14.9 Å². The highest BCUT2D eigenvalue weighted by Gasteiger charge is 2.36. The van der Waals surface area contributed by atoms with E-state index < -0.39 is 6.04 Å². The molecule has 8 heteroatoms. The number of amides is 2. The van der Waals surface area contributed by atoms with Gasteiger partial charge in [0.25, 0.3) is 0 Å². The fraction of sp³-hybridized carbons (Fsp3) is 0.133. The molecule has 1 N–H and O–H groups in total. The van der Waals surface area contributed by atoms with Crippen molar-refractivity contribution in [2.75, 3.05) is 12.4 Å². The summed E-state index contributed by atoms with van der Waals surface area (Å²) < 4.78 is 23.9. The van der Waals surface area contributed by atoms with Gasteiger partial charge >= 0.3 is 6.03 Å². The maximum absolute atomic E-state index is 14.5. The summed E-state index contributed by atoms with van der Waals surface area (Å²) in [6, 6.07) is 26.6. The van der Waals surface area contributed by atoms with Gasteiger partial charge in [-0.3, -0.25) is 0 Å². The fourth-order valence-corrected chi connectivity index (χ4v) is 5.11. The van der Waals surface area contributed by atoms with Crippen LogP contribution in [0.25, 0.3) is 11.5 Å². The molecule has 0 aliphatic carbocycles. The number of rotatable bonds is 4. The van der Waals surface area contributed by atoms with E-state index >= 15 is 0 Å². The van der Waals surface area contributed by atoms with E-state index in [-0.39, 0.29) is 18.4 Å². The molecule has 1 aliphatic heterocycles. The Morgan fingerprint density at radius 2 is 1.79 bits per heavy atom. The zero-order chi connectivity index (χ0) is 26.2. The molecular weight excluding hydrogens is 481 g/mol. The Morgan fingerprint density at radius 3 is 2.58 bits per heavy atom. The van der Waals surface area contributed by atoms with Gasteiger partial charge in [0.1, 0.15) is 17.4 Å². The molecule has 38 heavy (non-hydrogen) atoms. The highest BCUT2D eigenvalue weighted by atomic mass is 19.1. The monoisotopic (exact) mass is 507 g/mol. The number of fused-ring (bicyclic) bond motifs is 3. The number of ether oxygens (including phenoxy) is 1. The minimum absolute atomic E-state index is 0.262. The molecule has 190 valence electrons. The van der Waals surface area contributed by atoms with E-state index in [2.05, 4.69) is 5.32 Å². The van der Waals surface area contributed by atoms with Crippen molar-refractivity contribution in [1.82, 2.24) is 19.2 Å². The Bertz CT molecular complexity index is 1620. The molecule has 1 aliphatic rings. The molecule has 0 saturated heterocycles. The summed E-state index contributed by atoms with van der Waals surface area (Å²) in [6.07, 6.45) is 1.96. The van der Waals surface area contributed by atoms with Crippen LogP contribution in [0.5, 0.6) is 5.75 Å². The summed E-state index contributed by atoms with van der Waals surface area (Å²) in [5, 5.41) is 7.87. The summed E-state index contributed by atoms with van der Waals surface area (Å²) in [4.78, 5) is 15.7. The minimum Gasteiger partial charge on any atom is -0.495 e. The van der Waals surface area contributed by atoms with E-state index in [1.807, 2.05) is 83.0 Å². The second kappa shape index (κ2) is 9.55. The maximum atomic E-state index is 14.5. The van der Waals surface area contributed by atoms with Gasteiger partial charge in [-0.05, 0) is 61.0 Å². The standard InChI is InChI=1S/C30H26FN5O2/c1-20-24-19-35(30(37)32-25-14-6-7-16-27(25)38-2)28(21-10-8-11-22(31)18-21)26-15-9-17-34(26)29(24)36(33-20)23-12-4-3-5-13-23/h3-18,28H,19H2,1-2H3,(H,32,37)/t28-/m1/s1. The second-order valence-corrected chi connectivity index (χ2v) is 9.15. The Morgan fingerprint density at radius 1 is 1.00 bits per heavy atom. The van der Waals surface area contributed by atoms with Crippen molar-refractivity contribution in [2.24, 2.45) is 0 Å². The third kappa shape index (κ3) is 4.00. The highest BCUT2D eigenvalue weighted by molar-refractivity contribution is 5.91. The number of carbonyl (C=O) groups is 1. The van der Waals surface area contributed by atoms with E-state index in [0.717, 1.165) is 28.5 Å². The van der Waals surface area contributed by atoms with Gasteiger partial charge in [-0.1, -0.05) is 42.5 Å². The molecule has 0 bridgehead atoms. The van der Waals surface area contributed by atoms with Crippen molar-refractivity contribution in [3.8, 4) is 17.3 Å². The number of para-hydroxylation sites is 3. The largest absolute Gasteiger partial charge is 0.495 e. The van der Waals surface area contributed by atoms with Gasteiger partial charge in [-0.25, -0.2) is 13.9 Å². The van der Waals surface area contributed by atoms with Crippen LogP contribution in [0.3, 0.4) is 0 Å². The van der Waals surface area contributed by atoms with Crippen LogP contribution in [0.1, 0.15) is 28.6 Å². The number of aryl methyl sites for hydroxylation is 1. The number of methoxy groups -OCH3 is 1. The lowest BCUT2D eigenvalue weighted by Crippen LogP contribution is -2.38. The molecule has 0 unspecified atom stereocenters. The quantitative estimate of drug-likeness (QED) is 0.312. The van der Waals surface area contributed by atoms with E-state index in [9.17, 15) is 9.18 Å². The number of nitrogens with one attached hydrogen (secondary N) is 1. The smallest absolute Gasteiger partial charge is 0.323 e. The summed E-state index contributed by atoms with van der Waals surface area (Å²) >= 11 is 0. The van der Waals surface area contributed by atoms with Crippen LogP contribution in [-0.2, 0) is 6.54 Å². The molecule has 0 radical (unpaired) electrons. The van der Waals surface area contributed by atoms with Crippen LogP contribution in [0.15, 0.2) is 97.2 Å². The molecule has 3 heterocycles. The maximum Gasteiger partial charge on any atom is 0.323 e. The van der Waals surface area contributed by atoms with Gasteiger partial charge in [0, 0.05) is 11.8 Å². The first-order chi connectivity index (χ1) is 18.5. The van der Waals surface area contributed by atoms with Crippen LogP contribution in [-0.4, -0.2) is 32.4 Å². The van der Waals surface area contributed by atoms with Gasteiger partial charge in [-0.2, -0.15) is 5.10 Å². The molecular formula is C30H26FN5O2. The third-order valence-electron chi connectivity index (χ3n) is 6.86. The molecule has 0 saturated carbocycles. The van der Waals surface area contributed by atoms with Gasteiger partial charge in [-0.15, -0.1) is 0 Å². The summed E-state index contributed by atoms with van der Waals surface area (Å²) in [5.41, 5.74) is 4.66. The zero-order valence-electron chi connectivity index (χ0n) is 21.0. The predicted molar refractivity (Wildman–Crippen MR) is 143 cm³/mol. The molecule has 3 aromatic carbocycles. The number of benzene rings is 3. The van der Waals surface area contributed by atoms with Crippen molar-refractivity contribution in [1.29, 1.82) is 0 Å². The Balaban J connectivity index is 1.54. The molecule has 6 rings (SSSR count). The van der Waals surface area contributed by atoms with Crippen molar-refractivity contribution in [3.05, 3.63) is 126 Å². The lowest BCUT2D eigenvalue weighted by atomic mass is 10.0. The number of halogens is 1. The molecule has 0 spiro atoms. The second-order valence-electron chi connectivity index (χ2n) is 9.15. The lowest BCUT2D eigenvalue weighted by Gasteiger charge is -2.31. The van der Waals surface area contributed by atoms with Crippen LogP contribution < -0.4 is 10.1 Å². The number of hydrogen-bond donors (Lipinski definition) is 1. The lowest BCUT2D eigenvalue weighted by molar-refractivity contribution is 0.194. The van der Waals surface area contributed by atoms with E-state index in [1.54, 1.807) is 30.2 Å². The number of aromatic nitrogens is 3. The molecule has 7 nitrogen and oxygen atoms in total. The van der Waals surface area contributed by atoms with Crippen LogP contribution >= 0.6 is 0 Å². The number of hydrogen-bond acceptors (Lipinski definition) is 3. The number of nitrogens with zero attached hydrogens (tertiary/aromatic N) is 4. The number of urea groups is 1. The summed E-state index contributed by atoms with van der Waals surface area (Å²) in [5.74, 6) is 1.04. The SMILES string of the molecule is COc1ccccc1NC(=O)N1Cc2c(C)nn(-c3ccccc3)c2-n2cccc2[C@H]1c1cccc(F)c1. The first-order valence-electron chi connectivity index (χ1n) is 12.3. The Hall–Kier alpha value is -4.85. The number of anilines is 1. The van der Waals surface area contributed by atoms with Crippen molar-refractivity contribution in [2.45, 2.75) is 19.5 Å². The van der Waals surface area contributed by atoms with E-state index in [0.29, 0.717) is 17.0 Å². The molecule has 0 fully saturated rings. The van der Waals surface area contributed by atoms with Crippen LogP contribution in [0.2, 0.25) is 0 Å². The first-order valence-corrected chi connectivity index (χ1v) is 12.3. The Kier molecular flexibility index (Phi) is 5.92. The third-order valence-corrected chi connectivity index (χ3v) is 6.86. The molecule has 2 amide bonds. The average molecular weight is 508 g/mol. The summed E-state index contributed by atoms with van der Waals surface area (Å²) in [7, 11) is 1.56. The van der Waals surface area contributed by atoms with Crippen molar-refractivity contribution < 1.29 is 13.9 Å². The van der Waals surface area contributed by atoms with Gasteiger partial charge in [0.2, 0.25) is 0 Å². The molecule has 1 atom stereocenters. The zero-order valence-corrected chi connectivity index (χ0v) is 21.0. The average Bonchev–Trinajstić information content (AvgIpc) is 3.49. The summed E-state index contributed by atoms with van der Waals surface area (Å²) in [6.45, 7) is 2.21. The van der Waals surface area contributed by atoms with E-state index in [1.165, 1.54) is 12.1 Å². The number of carbonyl (C=O) groups excluding carboxylic acids is 1. The van der Waals surface area contributed by atoms with Crippen molar-refractivity contribution in [3.63, 3.8) is 0 Å². The van der Waals surface area contributed by atoms with Crippen LogP contribution in [0, 0.1) is 12.7 Å². The van der Waals surface area contributed by atoms with Gasteiger partial charge in [0.15, 0.2) is 0 Å². The predicted octanol–water partition coefficient (Wildman–Crippen LogP) is 6.26. The fourth-order valence-electron chi connectivity index (χ4n) is 5.11. The van der Waals surface area contributed by atoms with Gasteiger partial charge in [0.05, 0.1) is 42.5 Å². The molecule has 2 aromatic heterocycles.